The predicted octanol–water partition coefficient (Wildman–Crippen LogP) is 5.17. The molecule has 0 bridgehead atoms. The molecule has 0 aromatic heterocycles. The lowest BCUT2D eigenvalue weighted by Crippen LogP contribution is -2.43. The molecule has 0 N–H and O–H groups in total. The van der Waals surface area contributed by atoms with Gasteiger partial charge in [-0.2, -0.15) is 0 Å². The molecule has 0 rings (SSSR count). The molecular weight excluding hydrogens is 327 g/mol. The highest BCUT2D eigenvalue weighted by Gasteiger charge is 2.38. The van der Waals surface area contributed by atoms with Gasteiger partial charge in [-0.3, -0.25) is 0 Å². The maximum atomic E-state index is 6.35. The summed E-state index contributed by atoms with van der Waals surface area (Å²) in [5.74, 6) is 0. The average Bonchev–Trinajstić information content (AvgIpc) is 2.14. The third-order valence-electron chi connectivity index (χ3n) is 3.28. The molecule has 0 unspecified atom stereocenters. The lowest BCUT2D eigenvalue weighted by Gasteiger charge is -2.38. The van der Waals surface area contributed by atoms with Crippen molar-refractivity contribution in [3.05, 3.63) is 12.2 Å². The minimum atomic E-state index is -1.60. The SMILES string of the molecule is CC[C@H](/C=C\CCI)O[Si](C)(C)C(C)(C)C. The summed E-state index contributed by atoms with van der Waals surface area (Å²) in [7, 11) is -1.60. The van der Waals surface area contributed by atoms with Gasteiger partial charge in [0.05, 0.1) is 6.10 Å². The molecule has 0 aliphatic heterocycles. The smallest absolute Gasteiger partial charge is 0.192 e. The highest BCUT2D eigenvalue weighted by molar-refractivity contribution is 14.1. The Morgan fingerprint density at radius 3 is 2.25 bits per heavy atom. The van der Waals surface area contributed by atoms with E-state index in [4.69, 9.17) is 4.43 Å². The summed E-state index contributed by atoms with van der Waals surface area (Å²) in [5, 5.41) is 0.303. The van der Waals surface area contributed by atoms with Gasteiger partial charge in [0.15, 0.2) is 8.32 Å². The summed E-state index contributed by atoms with van der Waals surface area (Å²) in [6.45, 7) is 13.7. The Bertz CT molecular complexity index is 218. The van der Waals surface area contributed by atoms with Gasteiger partial charge >= 0.3 is 0 Å². The molecule has 0 saturated heterocycles. The second-order valence-corrected chi connectivity index (χ2v) is 11.6. The van der Waals surface area contributed by atoms with Crippen LogP contribution in [0.5, 0.6) is 0 Å². The second-order valence-electron chi connectivity index (χ2n) is 5.73. The largest absolute Gasteiger partial charge is 0.411 e. The maximum absolute atomic E-state index is 6.35. The van der Waals surface area contributed by atoms with Gasteiger partial charge in [-0.05, 0) is 31.0 Å². The fourth-order valence-corrected chi connectivity index (χ4v) is 2.84. The van der Waals surface area contributed by atoms with Gasteiger partial charge in [-0.15, -0.1) is 0 Å². The molecule has 0 aromatic carbocycles. The quantitative estimate of drug-likeness (QED) is 0.277. The molecule has 1 nitrogen and oxygen atoms in total. The number of allylic oxidation sites excluding steroid dienone is 1. The van der Waals surface area contributed by atoms with E-state index in [0.717, 1.165) is 12.8 Å². The average molecular weight is 354 g/mol. The van der Waals surface area contributed by atoms with Crippen molar-refractivity contribution in [1.29, 1.82) is 0 Å². The van der Waals surface area contributed by atoms with Crippen LogP contribution in [-0.4, -0.2) is 18.8 Å². The van der Waals surface area contributed by atoms with E-state index in [2.05, 4.69) is 75.5 Å². The maximum Gasteiger partial charge on any atom is 0.192 e. The van der Waals surface area contributed by atoms with Crippen LogP contribution in [0.2, 0.25) is 18.1 Å². The topological polar surface area (TPSA) is 9.23 Å². The third-order valence-corrected chi connectivity index (χ3v) is 8.41. The van der Waals surface area contributed by atoms with Gasteiger partial charge in [0, 0.05) is 4.43 Å². The van der Waals surface area contributed by atoms with Crippen molar-refractivity contribution in [2.45, 2.75) is 64.8 Å². The van der Waals surface area contributed by atoms with Gasteiger partial charge in [0.25, 0.3) is 0 Å². The van der Waals surface area contributed by atoms with Crippen LogP contribution in [0.1, 0.15) is 40.5 Å². The lowest BCUT2D eigenvalue weighted by atomic mass is 10.2. The number of alkyl halides is 1. The molecule has 0 fully saturated rings. The van der Waals surface area contributed by atoms with Crippen LogP contribution in [0.15, 0.2) is 12.2 Å². The van der Waals surface area contributed by atoms with Gasteiger partial charge in [-0.1, -0.05) is 62.4 Å². The van der Waals surface area contributed by atoms with E-state index < -0.39 is 8.32 Å². The number of halogens is 1. The number of rotatable bonds is 6. The van der Waals surface area contributed by atoms with Crippen molar-refractivity contribution >= 4 is 30.9 Å². The van der Waals surface area contributed by atoms with Crippen LogP contribution in [0, 0.1) is 0 Å². The van der Waals surface area contributed by atoms with Crippen LogP contribution >= 0.6 is 22.6 Å². The minimum absolute atomic E-state index is 0.303. The zero-order valence-electron chi connectivity index (χ0n) is 11.6. The molecule has 1 atom stereocenters. The highest BCUT2D eigenvalue weighted by Crippen LogP contribution is 2.37. The summed E-state index contributed by atoms with van der Waals surface area (Å²) >= 11 is 2.40. The van der Waals surface area contributed by atoms with Crippen LogP contribution in [-0.2, 0) is 4.43 Å². The molecule has 0 aliphatic rings. The molecule has 16 heavy (non-hydrogen) atoms. The predicted molar refractivity (Wildman–Crippen MR) is 85.0 cm³/mol. The van der Waals surface area contributed by atoms with Crippen molar-refractivity contribution in [2.75, 3.05) is 4.43 Å². The summed E-state index contributed by atoms with van der Waals surface area (Å²) in [6, 6.07) is 0. The van der Waals surface area contributed by atoms with Crippen LogP contribution in [0.3, 0.4) is 0 Å². The fourth-order valence-electron chi connectivity index (χ4n) is 1.12. The Labute approximate surface area is 116 Å². The van der Waals surface area contributed by atoms with Crippen molar-refractivity contribution < 1.29 is 4.43 Å². The molecule has 0 amide bonds. The van der Waals surface area contributed by atoms with E-state index in [0.29, 0.717) is 11.1 Å². The Morgan fingerprint density at radius 1 is 1.31 bits per heavy atom. The monoisotopic (exact) mass is 354 g/mol. The van der Waals surface area contributed by atoms with Crippen LogP contribution in [0.4, 0.5) is 0 Å². The highest BCUT2D eigenvalue weighted by atomic mass is 127. The van der Waals surface area contributed by atoms with Crippen molar-refractivity contribution in [1.82, 2.24) is 0 Å². The zero-order chi connectivity index (χ0) is 12.8. The van der Waals surface area contributed by atoms with Gasteiger partial charge in [-0.25, -0.2) is 0 Å². The van der Waals surface area contributed by atoms with E-state index in [1.807, 2.05) is 0 Å². The first-order chi connectivity index (χ1) is 7.24. The molecule has 0 aromatic rings. The standard InChI is InChI=1S/C13H27IOSi/c1-7-12(10-8-9-11-14)15-16(5,6)13(2,3)4/h8,10,12H,7,9,11H2,1-6H3/b10-8-/t12-/m1/s1. The van der Waals surface area contributed by atoms with E-state index in [-0.39, 0.29) is 0 Å². The molecule has 0 spiro atoms. The lowest BCUT2D eigenvalue weighted by molar-refractivity contribution is 0.220. The first kappa shape index (κ1) is 16.6. The fraction of sp³-hybridized carbons (Fsp3) is 0.846. The first-order valence-electron chi connectivity index (χ1n) is 6.15. The van der Waals surface area contributed by atoms with Gasteiger partial charge in [0.2, 0.25) is 0 Å². The molecule has 0 saturated carbocycles. The van der Waals surface area contributed by atoms with Gasteiger partial charge in [0.1, 0.15) is 0 Å². The van der Waals surface area contributed by atoms with E-state index in [1.54, 1.807) is 0 Å². The molecule has 0 aliphatic carbocycles. The third kappa shape index (κ3) is 5.82. The molecule has 3 heteroatoms. The number of hydrogen-bond acceptors (Lipinski definition) is 1. The van der Waals surface area contributed by atoms with Crippen LogP contribution in [0.25, 0.3) is 0 Å². The molecular formula is C13H27IOSi. The second kappa shape index (κ2) is 7.16. The van der Waals surface area contributed by atoms with Crippen molar-refractivity contribution in [3.8, 4) is 0 Å². The summed E-state index contributed by atoms with van der Waals surface area (Å²) in [5.41, 5.74) is 0. The van der Waals surface area contributed by atoms with Crippen molar-refractivity contribution in [3.63, 3.8) is 0 Å². The molecule has 0 heterocycles. The Balaban J connectivity index is 4.42. The summed E-state index contributed by atoms with van der Waals surface area (Å²) in [6.07, 6.45) is 7.04. The number of hydrogen-bond donors (Lipinski definition) is 0. The van der Waals surface area contributed by atoms with E-state index in [9.17, 15) is 0 Å². The molecule has 96 valence electrons. The van der Waals surface area contributed by atoms with Crippen LogP contribution < -0.4 is 0 Å². The minimum Gasteiger partial charge on any atom is -0.411 e. The van der Waals surface area contributed by atoms with Crippen molar-refractivity contribution in [2.24, 2.45) is 0 Å². The summed E-state index contributed by atoms with van der Waals surface area (Å²) < 4.78 is 7.53. The first-order valence-corrected chi connectivity index (χ1v) is 10.6. The zero-order valence-corrected chi connectivity index (χ0v) is 14.8. The Kier molecular flexibility index (Phi) is 7.45. The Hall–Kier alpha value is 0.647. The molecule has 0 radical (unpaired) electrons. The normalized spacial score (nSPS) is 15.7. The van der Waals surface area contributed by atoms with E-state index in [1.165, 1.54) is 4.43 Å². The summed E-state index contributed by atoms with van der Waals surface area (Å²) in [4.78, 5) is 0. The van der Waals surface area contributed by atoms with E-state index >= 15 is 0 Å². The van der Waals surface area contributed by atoms with Gasteiger partial charge < -0.3 is 4.43 Å². The Morgan fingerprint density at radius 2 is 1.88 bits per heavy atom.